The monoisotopic (exact) mass is 355 g/mol. The van der Waals surface area contributed by atoms with Crippen molar-refractivity contribution in [3.8, 4) is 5.75 Å². The van der Waals surface area contributed by atoms with E-state index in [1.165, 1.54) is 0 Å². The molecular weight excluding hydrogens is 339 g/mol. The number of halogens is 4. The van der Waals surface area contributed by atoms with Crippen LogP contribution in [0, 0.1) is 0 Å². The molecule has 7 heteroatoms. The Bertz CT molecular complexity index is 425. The zero-order chi connectivity index (χ0) is 15.2. The molecular formula is C13H17BrF3NO2. The third kappa shape index (κ3) is 7.12. The van der Waals surface area contributed by atoms with Crippen molar-refractivity contribution in [2.75, 3.05) is 13.2 Å². The van der Waals surface area contributed by atoms with Crippen LogP contribution in [0.2, 0.25) is 0 Å². The van der Waals surface area contributed by atoms with Gasteiger partial charge in [-0.15, -0.1) is 13.2 Å². The molecule has 0 atom stereocenters. The first kappa shape index (κ1) is 17.3. The number of benzene rings is 1. The highest BCUT2D eigenvalue weighted by Gasteiger charge is 2.28. The van der Waals surface area contributed by atoms with E-state index in [-0.39, 0.29) is 6.61 Å². The molecule has 0 aromatic heterocycles. The Labute approximate surface area is 124 Å². The average Bonchev–Trinajstić information content (AvgIpc) is 2.32. The van der Waals surface area contributed by atoms with E-state index in [4.69, 9.17) is 4.74 Å². The predicted octanol–water partition coefficient (Wildman–Crippen LogP) is 3.86. The van der Waals surface area contributed by atoms with E-state index in [9.17, 15) is 13.2 Å². The van der Waals surface area contributed by atoms with Crippen LogP contribution in [0.4, 0.5) is 13.2 Å². The topological polar surface area (TPSA) is 30.5 Å². The van der Waals surface area contributed by atoms with Crippen LogP contribution in [-0.4, -0.2) is 25.6 Å². The molecule has 3 nitrogen and oxygen atoms in total. The first-order valence-electron chi connectivity index (χ1n) is 6.13. The van der Waals surface area contributed by atoms with Crippen molar-refractivity contribution in [1.82, 2.24) is 5.32 Å². The van der Waals surface area contributed by atoms with E-state index >= 15 is 0 Å². The molecule has 1 rings (SSSR count). The molecule has 0 heterocycles. The third-order valence-electron chi connectivity index (χ3n) is 2.33. The Balaban J connectivity index is 2.55. The van der Waals surface area contributed by atoms with Crippen molar-refractivity contribution in [2.24, 2.45) is 0 Å². The van der Waals surface area contributed by atoms with Gasteiger partial charge in [0.15, 0.2) is 0 Å². The molecule has 0 aliphatic heterocycles. The van der Waals surface area contributed by atoms with Crippen LogP contribution >= 0.6 is 15.9 Å². The number of nitrogens with one attached hydrogen (secondary N) is 1. The Hall–Kier alpha value is -0.790. The first-order chi connectivity index (χ1) is 9.28. The van der Waals surface area contributed by atoms with Gasteiger partial charge < -0.3 is 10.1 Å². The van der Waals surface area contributed by atoms with Gasteiger partial charge in [-0.05, 0) is 18.2 Å². The van der Waals surface area contributed by atoms with E-state index in [2.05, 4.69) is 26.0 Å². The lowest BCUT2D eigenvalue weighted by molar-refractivity contribution is -0.325. The highest BCUT2D eigenvalue weighted by atomic mass is 79.9. The van der Waals surface area contributed by atoms with Crippen molar-refractivity contribution in [2.45, 2.75) is 32.8 Å². The highest BCUT2D eigenvalue weighted by Crippen LogP contribution is 2.23. The smallest absolute Gasteiger partial charge is 0.491 e. The summed E-state index contributed by atoms with van der Waals surface area (Å²) >= 11 is 3.35. The second kappa shape index (κ2) is 7.85. The van der Waals surface area contributed by atoms with Crippen molar-refractivity contribution in [3.05, 3.63) is 28.2 Å². The normalized spacial score (nSPS) is 11.9. The van der Waals surface area contributed by atoms with Crippen molar-refractivity contribution < 1.29 is 22.6 Å². The van der Waals surface area contributed by atoms with Gasteiger partial charge in [0.05, 0.1) is 6.61 Å². The molecule has 0 fully saturated rings. The van der Waals surface area contributed by atoms with Gasteiger partial charge in [-0.1, -0.05) is 29.8 Å². The van der Waals surface area contributed by atoms with Gasteiger partial charge in [0.2, 0.25) is 0 Å². The Kier molecular flexibility index (Phi) is 6.78. The van der Waals surface area contributed by atoms with E-state index < -0.39 is 13.0 Å². The predicted molar refractivity (Wildman–Crippen MR) is 73.6 cm³/mol. The summed E-state index contributed by atoms with van der Waals surface area (Å²) in [4.78, 5) is 0. The summed E-state index contributed by atoms with van der Waals surface area (Å²) in [7, 11) is 0. The fraction of sp³-hybridized carbons (Fsp3) is 0.538. The minimum Gasteiger partial charge on any atom is -0.491 e. The van der Waals surface area contributed by atoms with Crippen LogP contribution in [0.5, 0.6) is 5.75 Å². The van der Waals surface area contributed by atoms with Gasteiger partial charge in [0.25, 0.3) is 0 Å². The van der Waals surface area contributed by atoms with Gasteiger partial charge in [0.1, 0.15) is 12.4 Å². The molecule has 0 saturated heterocycles. The lowest BCUT2D eigenvalue weighted by Gasteiger charge is -2.14. The van der Waals surface area contributed by atoms with Crippen LogP contribution in [0.25, 0.3) is 0 Å². The molecule has 0 spiro atoms. The van der Waals surface area contributed by atoms with Crippen LogP contribution < -0.4 is 10.1 Å². The van der Waals surface area contributed by atoms with Gasteiger partial charge in [0, 0.05) is 22.6 Å². The van der Waals surface area contributed by atoms with Crippen molar-refractivity contribution >= 4 is 15.9 Å². The van der Waals surface area contributed by atoms with E-state index in [1.807, 2.05) is 19.9 Å². The Morgan fingerprint density at radius 2 is 1.95 bits per heavy atom. The third-order valence-corrected chi connectivity index (χ3v) is 2.82. The van der Waals surface area contributed by atoms with Gasteiger partial charge in [-0.3, -0.25) is 4.74 Å². The van der Waals surface area contributed by atoms with Gasteiger partial charge in [-0.2, -0.15) is 0 Å². The maximum absolute atomic E-state index is 11.8. The standard InChI is InChI=1S/C13H17BrF3NO2/c1-9(2)18-8-10-7-11(14)3-4-12(10)19-5-6-20-13(15,16)17/h3-4,7,9,18H,5-6,8H2,1-2H3. The van der Waals surface area contributed by atoms with Gasteiger partial charge in [-0.25, -0.2) is 0 Å². The molecule has 0 aliphatic rings. The lowest BCUT2D eigenvalue weighted by Crippen LogP contribution is -2.22. The number of hydrogen-bond acceptors (Lipinski definition) is 3. The number of alkyl halides is 3. The summed E-state index contributed by atoms with van der Waals surface area (Å²) in [6, 6.07) is 5.67. The number of rotatable bonds is 7. The maximum atomic E-state index is 11.8. The Morgan fingerprint density at radius 3 is 2.55 bits per heavy atom. The summed E-state index contributed by atoms with van der Waals surface area (Å²) in [6.07, 6.45) is -4.62. The molecule has 1 aromatic rings. The van der Waals surface area contributed by atoms with E-state index in [0.717, 1.165) is 10.0 Å². The van der Waals surface area contributed by atoms with E-state index in [1.54, 1.807) is 12.1 Å². The molecule has 0 aliphatic carbocycles. The quantitative estimate of drug-likeness (QED) is 0.753. The summed E-state index contributed by atoms with van der Waals surface area (Å²) in [6.45, 7) is 3.91. The average molecular weight is 356 g/mol. The molecule has 1 N–H and O–H groups in total. The first-order valence-corrected chi connectivity index (χ1v) is 6.92. The highest BCUT2D eigenvalue weighted by molar-refractivity contribution is 9.10. The molecule has 0 saturated carbocycles. The summed E-state index contributed by atoms with van der Waals surface area (Å²) < 4.78 is 45.4. The second-order valence-electron chi connectivity index (χ2n) is 4.43. The molecule has 0 bridgehead atoms. The SMILES string of the molecule is CC(C)NCc1cc(Br)ccc1OCCOC(F)(F)F. The fourth-order valence-corrected chi connectivity index (χ4v) is 1.86. The largest absolute Gasteiger partial charge is 0.522 e. The minimum absolute atomic E-state index is 0.157. The van der Waals surface area contributed by atoms with Crippen LogP contribution in [0.3, 0.4) is 0 Å². The summed E-state index contributed by atoms with van der Waals surface area (Å²) in [5, 5.41) is 3.23. The second-order valence-corrected chi connectivity index (χ2v) is 5.35. The zero-order valence-corrected chi connectivity index (χ0v) is 12.8. The van der Waals surface area contributed by atoms with Gasteiger partial charge >= 0.3 is 6.36 Å². The Morgan fingerprint density at radius 1 is 1.25 bits per heavy atom. The molecule has 20 heavy (non-hydrogen) atoms. The molecule has 0 unspecified atom stereocenters. The van der Waals surface area contributed by atoms with Crippen LogP contribution in [0.15, 0.2) is 22.7 Å². The van der Waals surface area contributed by atoms with Crippen LogP contribution in [0.1, 0.15) is 19.4 Å². The molecule has 1 aromatic carbocycles. The maximum Gasteiger partial charge on any atom is 0.522 e. The minimum atomic E-state index is -4.62. The van der Waals surface area contributed by atoms with Crippen molar-refractivity contribution in [3.63, 3.8) is 0 Å². The zero-order valence-electron chi connectivity index (χ0n) is 11.3. The van der Waals surface area contributed by atoms with E-state index in [0.29, 0.717) is 18.3 Å². The molecule has 114 valence electrons. The number of ether oxygens (including phenoxy) is 2. The summed E-state index contributed by atoms with van der Waals surface area (Å²) in [5.74, 6) is 0.548. The van der Waals surface area contributed by atoms with Crippen LogP contribution in [-0.2, 0) is 11.3 Å². The van der Waals surface area contributed by atoms with Crippen molar-refractivity contribution in [1.29, 1.82) is 0 Å². The summed E-state index contributed by atoms with van der Waals surface area (Å²) in [5.41, 5.74) is 0.875. The lowest BCUT2D eigenvalue weighted by atomic mass is 10.2. The number of hydrogen-bond donors (Lipinski definition) is 1. The molecule has 0 amide bonds. The molecule has 0 radical (unpaired) electrons. The fourth-order valence-electron chi connectivity index (χ4n) is 1.45.